The van der Waals surface area contributed by atoms with Crippen LogP contribution in [-0.4, -0.2) is 33.1 Å². The zero-order valence-electron chi connectivity index (χ0n) is 9.88. The van der Waals surface area contributed by atoms with Crippen LogP contribution in [-0.2, 0) is 11.3 Å². The predicted octanol–water partition coefficient (Wildman–Crippen LogP) is 0.871. The first-order valence-electron chi connectivity index (χ1n) is 5.57. The van der Waals surface area contributed by atoms with Crippen molar-refractivity contribution in [1.29, 1.82) is 0 Å². The minimum absolute atomic E-state index is 0.127. The van der Waals surface area contributed by atoms with E-state index in [2.05, 4.69) is 10.3 Å². The van der Waals surface area contributed by atoms with Crippen LogP contribution in [0.1, 0.15) is 17.3 Å². The average Bonchev–Trinajstić information content (AvgIpc) is 2.72. The number of hydrogen-bond acceptors (Lipinski definition) is 3. The van der Waals surface area contributed by atoms with E-state index in [0.29, 0.717) is 17.6 Å². The number of nitrogens with one attached hydrogen (secondary N) is 1. The molecule has 6 nitrogen and oxygen atoms in total. The van der Waals surface area contributed by atoms with Crippen LogP contribution >= 0.6 is 0 Å². The minimum Gasteiger partial charge on any atom is -0.478 e. The smallest absolute Gasteiger partial charge is 0.337 e. The lowest BCUT2D eigenvalue weighted by molar-refractivity contribution is -0.121. The highest BCUT2D eigenvalue weighted by atomic mass is 16.4. The first-order chi connectivity index (χ1) is 8.63. The number of amides is 1. The fourth-order valence-corrected chi connectivity index (χ4v) is 1.79. The maximum absolute atomic E-state index is 11.5. The fraction of sp³-hybridized carbons (Fsp3) is 0.250. The Bertz CT molecular complexity index is 604. The lowest BCUT2D eigenvalue weighted by atomic mass is 10.2. The molecule has 0 bridgehead atoms. The van der Waals surface area contributed by atoms with Gasteiger partial charge in [0.2, 0.25) is 5.91 Å². The van der Waals surface area contributed by atoms with E-state index in [1.54, 1.807) is 16.7 Å². The summed E-state index contributed by atoms with van der Waals surface area (Å²) in [5.74, 6) is -1.15. The molecule has 18 heavy (non-hydrogen) atoms. The summed E-state index contributed by atoms with van der Waals surface area (Å²) < 4.78 is 1.63. The Morgan fingerprint density at radius 2 is 2.22 bits per heavy atom. The summed E-state index contributed by atoms with van der Waals surface area (Å²) in [4.78, 5) is 26.6. The maximum atomic E-state index is 11.5. The van der Waals surface area contributed by atoms with Crippen molar-refractivity contribution in [1.82, 2.24) is 14.9 Å². The molecule has 6 heteroatoms. The summed E-state index contributed by atoms with van der Waals surface area (Å²) in [6.07, 6.45) is 1.48. The van der Waals surface area contributed by atoms with Crippen LogP contribution in [0, 0.1) is 0 Å². The van der Waals surface area contributed by atoms with E-state index < -0.39 is 5.97 Å². The van der Waals surface area contributed by atoms with E-state index in [0.717, 1.165) is 0 Å². The number of benzene rings is 1. The Morgan fingerprint density at radius 1 is 1.44 bits per heavy atom. The molecular formula is C12H13N3O3. The Hall–Kier alpha value is -2.37. The zero-order chi connectivity index (χ0) is 13.1. The number of carbonyl (C=O) groups is 2. The van der Waals surface area contributed by atoms with Gasteiger partial charge in [0.25, 0.3) is 0 Å². The SMILES string of the molecule is CCNC(=O)Cn1cnc2c(C(=O)O)cccc21. The minimum atomic E-state index is -1.02. The van der Waals surface area contributed by atoms with Crippen molar-refractivity contribution in [3.63, 3.8) is 0 Å². The molecule has 0 saturated heterocycles. The fourth-order valence-electron chi connectivity index (χ4n) is 1.79. The highest BCUT2D eigenvalue weighted by molar-refractivity contribution is 6.01. The molecule has 2 rings (SSSR count). The van der Waals surface area contributed by atoms with Crippen molar-refractivity contribution in [3.05, 3.63) is 30.1 Å². The summed E-state index contributed by atoms with van der Waals surface area (Å²) in [5, 5.41) is 11.7. The van der Waals surface area contributed by atoms with Crippen LogP contribution in [0.15, 0.2) is 24.5 Å². The van der Waals surface area contributed by atoms with Gasteiger partial charge in [-0.05, 0) is 19.1 Å². The number of nitrogens with zero attached hydrogens (tertiary/aromatic N) is 2. The van der Waals surface area contributed by atoms with Crippen molar-refractivity contribution in [2.75, 3.05) is 6.54 Å². The zero-order valence-corrected chi connectivity index (χ0v) is 9.88. The summed E-state index contributed by atoms with van der Waals surface area (Å²) >= 11 is 0. The van der Waals surface area contributed by atoms with E-state index in [4.69, 9.17) is 5.11 Å². The molecular weight excluding hydrogens is 234 g/mol. The lowest BCUT2D eigenvalue weighted by Gasteiger charge is -2.04. The van der Waals surface area contributed by atoms with Gasteiger partial charge in [0.1, 0.15) is 12.1 Å². The highest BCUT2D eigenvalue weighted by Gasteiger charge is 2.13. The quantitative estimate of drug-likeness (QED) is 0.839. The van der Waals surface area contributed by atoms with Gasteiger partial charge in [-0.2, -0.15) is 0 Å². The van der Waals surface area contributed by atoms with Crippen molar-refractivity contribution in [2.45, 2.75) is 13.5 Å². The molecule has 1 aromatic carbocycles. The number of hydrogen-bond donors (Lipinski definition) is 2. The van der Waals surface area contributed by atoms with Gasteiger partial charge in [0, 0.05) is 6.54 Å². The number of aromatic carboxylic acids is 1. The van der Waals surface area contributed by atoms with Crippen LogP contribution in [0.5, 0.6) is 0 Å². The maximum Gasteiger partial charge on any atom is 0.337 e. The number of rotatable bonds is 4. The van der Waals surface area contributed by atoms with E-state index in [-0.39, 0.29) is 18.0 Å². The molecule has 1 aromatic heterocycles. The Balaban J connectivity index is 2.40. The van der Waals surface area contributed by atoms with Gasteiger partial charge in [-0.1, -0.05) is 6.07 Å². The van der Waals surface area contributed by atoms with Crippen molar-refractivity contribution >= 4 is 22.9 Å². The van der Waals surface area contributed by atoms with E-state index in [1.807, 2.05) is 6.92 Å². The second-order valence-corrected chi connectivity index (χ2v) is 3.80. The van der Waals surface area contributed by atoms with Crippen LogP contribution in [0.2, 0.25) is 0 Å². The van der Waals surface area contributed by atoms with Crippen LogP contribution in [0.25, 0.3) is 11.0 Å². The standard InChI is InChI=1S/C12H13N3O3/c1-2-13-10(16)6-15-7-14-11-8(12(17)18)4-3-5-9(11)15/h3-5,7H,2,6H2,1H3,(H,13,16)(H,17,18). The van der Waals surface area contributed by atoms with Crippen molar-refractivity contribution in [2.24, 2.45) is 0 Å². The van der Waals surface area contributed by atoms with Gasteiger partial charge in [-0.3, -0.25) is 4.79 Å². The Labute approximate surface area is 103 Å². The molecule has 0 aliphatic rings. The summed E-state index contributed by atoms with van der Waals surface area (Å²) in [6, 6.07) is 4.88. The molecule has 0 unspecified atom stereocenters. The van der Waals surface area contributed by atoms with E-state index >= 15 is 0 Å². The molecule has 0 saturated carbocycles. The van der Waals surface area contributed by atoms with E-state index in [1.165, 1.54) is 12.4 Å². The second kappa shape index (κ2) is 4.87. The molecule has 2 aromatic rings. The topological polar surface area (TPSA) is 84.2 Å². The second-order valence-electron chi connectivity index (χ2n) is 3.80. The molecule has 0 atom stereocenters. The Kier molecular flexibility index (Phi) is 3.27. The normalized spacial score (nSPS) is 10.5. The van der Waals surface area contributed by atoms with Gasteiger partial charge >= 0.3 is 5.97 Å². The van der Waals surface area contributed by atoms with Crippen LogP contribution in [0.3, 0.4) is 0 Å². The third kappa shape index (κ3) is 2.17. The summed E-state index contributed by atoms with van der Waals surface area (Å²) in [7, 11) is 0. The molecule has 0 radical (unpaired) electrons. The summed E-state index contributed by atoms with van der Waals surface area (Å²) in [6.45, 7) is 2.53. The first kappa shape index (κ1) is 12.1. The third-order valence-electron chi connectivity index (χ3n) is 2.57. The van der Waals surface area contributed by atoms with Gasteiger partial charge in [0.15, 0.2) is 0 Å². The average molecular weight is 247 g/mol. The van der Waals surface area contributed by atoms with Gasteiger partial charge < -0.3 is 15.0 Å². The molecule has 0 aliphatic carbocycles. The largest absolute Gasteiger partial charge is 0.478 e. The number of para-hydroxylation sites is 1. The van der Waals surface area contributed by atoms with Crippen LogP contribution in [0.4, 0.5) is 0 Å². The Morgan fingerprint density at radius 3 is 2.89 bits per heavy atom. The van der Waals surface area contributed by atoms with Crippen LogP contribution < -0.4 is 5.32 Å². The lowest BCUT2D eigenvalue weighted by Crippen LogP contribution is -2.26. The molecule has 2 N–H and O–H groups in total. The monoisotopic (exact) mass is 247 g/mol. The number of imidazole rings is 1. The molecule has 0 spiro atoms. The predicted molar refractivity (Wildman–Crippen MR) is 65.4 cm³/mol. The summed E-state index contributed by atoms with van der Waals surface area (Å²) in [5.41, 5.74) is 1.18. The third-order valence-corrected chi connectivity index (χ3v) is 2.57. The number of fused-ring (bicyclic) bond motifs is 1. The number of likely N-dealkylation sites (N-methyl/N-ethyl adjacent to an activating group) is 1. The number of carbonyl (C=O) groups excluding carboxylic acids is 1. The number of carboxylic acids is 1. The van der Waals surface area contributed by atoms with Crippen molar-refractivity contribution in [3.8, 4) is 0 Å². The van der Waals surface area contributed by atoms with Gasteiger partial charge in [0.05, 0.1) is 17.4 Å². The number of carboxylic acid groups (broad SMARTS) is 1. The van der Waals surface area contributed by atoms with Gasteiger partial charge in [-0.15, -0.1) is 0 Å². The highest BCUT2D eigenvalue weighted by Crippen LogP contribution is 2.17. The van der Waals surface area contributed by atoms with Gasteiger partial charge in [-0.25, -0.2) is 9.78 Å². The van der Waals surface area contributed by atoms with Crippen molar-refractivity contribution < 1.29 is 14.7 Å². The number of aromatic nitrogens is 2. The molecule has 1 amide bonds. The molecule has 94 valence electrons. The first-order valence-corrected chi connectivity index (χ1v) is 5.57. The molecule has 0 fully saturated rings. The van der Waals surface area contributed by atoms with E-state index in [9.17, 15) is 9.59 Å². The molecule has 0 aliphatic heterocycles. The molecule has 1 heterocycles.